The number of hydrogen-bond acceptors (Lipinski definition) is 2. The van der Waals surface area contributed by atoms with Crippen molar-refractivity contribution in [3.63, 3.8) is 0 Å². The molecular weight excluding hydrogens is 156 g/mol. The molecule has 1 nitrogen and oxygen atoms in total. The molecule has 0 bridgehead atoms. The lowest BCUT2D eigenvalue weighted by molar-refractivity contribution is 0.0940. The molecule has 1 aromatic rings. The van der Waals surface area contributed by atoms with E-state index < -0.39 is 0 Å². The summed E-state index contributed by atoms with van der Waals surface area (Å²) >= 11 is 1.58. The van der Waals surface area contributed by atoms with Crippen molar-refractivity contribution in [2.45, 2.75) is 19.8 Å². The van der Waals surface area contributed by atoms with Crippen molar-refractivity contribution < 1.29 is 4.79 Å². The smallest absolute Gasteiger partial charge is 0.176 e. The number of rotatable bonds is 0. The van der Waals surface area contributed by atoms with Crippen LogP contribution in [0.4, 0.5) is 0 Å². The van der Waals surface area contributed by atoms with Crippen LogP contribution in [0, 0.1) is 5.92 Å². The van der Waals surface area contributed by atoms with Gasteiger partial charge in [-0.25, -0.2) is 0 Å². The molecule has 1 heterocycles. The fourth-order valence-electron chi connectivity index (χ4n) is 1.58. The molecule has 1 aliphatic carbocycles. The summed E-state index contributed by atoms with van der Waals surface area (Å²) in [5.74, 6) is 0.976. The quantitative estimate of drug-likeness (QED) is 0.579. The highest BCUT2D eigenvalue weighted by atomic mass is 32.1. The summed E-state index contributed by atoms with van der Waals surface area (Å²) in [6, 6.07) is 2.08. The van der Waals surface area contributed by atoms with Gasteiger partial charge in [0.25, 0.3) is 0 Å². The van der Waals surface area contributed by atoms with E-state index in [0.29, 0.717) is 11.7 Å². The molecule has 1 aliphatic rings. The molecule has 58 valence electrons. The topological polar surface area (TPSA) is 17.1 Å². The lowest BCUT2D eigenvalue weighted by Crippen LogP contribution is -2.06. The summed E-state index contributed by atoms with van der Waals surface area (Å²) in [7, 11) is 0. The second kappa shape index (κ2) is 2.18. The minimum atomic E-state index is 0.206. The number of Topliss-reactive ketones (excluding diaryl/α,β-unsaturated/α-hetero) is 1. The van der Waals surface area contributed by atoms with Gasteiger partial charge in [-0.2, -0.15) is 0 Å². The van der Waals surface area contributed by atoms with E-state index in [1.165, 1.54) is 5.56 Å². The highest BCUT2D eigenvalue weighted by Crippen LogP contribution is 2.39. The van der Waals surface area contributed by atoms with Gasteiger partial charge in [0.2, 0.25) is 0 Å². The van der Waals surface area contributed by atoms with Crippen molar-refractivity contribution in [2.75, 3.05) is 0 Å². The van der Waals surface area contributed by atoms with Crippen molar-refractivity contribution in [1.29, 1.82) is 0 Å². The van der Waals surface area contributed by atoms with Gasteiger partial charge in [-0.1, -0.05) is 13.8 Å². The maximum Gasteiger partial charge on any atom is 0.176 e. The lowest BCUT2D eigenvalue weighted by Gasteiger charge is -2.06. The molecule has 1 aromatic heterocycles. The highest BCUT2D eigenvalue weighted by Gasteiger charge is 2.34. The zero-order chi connectivity index (χ0) is 8.01. The first kappa shape index (κ1) is 7.04. The molecule has 0 saturated carbocycles. The fraction of sp³-hybridized carbons (Fsp3) is 0.444. The number of carbonyl (C=O) groups is 1. The van der Waals surface area contributed by atoms with Crippen molar-refractivity contribution in [3.8, 4) is 0 Å². The summed E-state index contributed by atoms with van der Waals surface area (Å²) in [6.07, 6.45) is 0. The number of fused-ring (bicyclic) bond motifs is 1. The third kappa shape index (κ3) is 0.791. The zero-order valence-electron chi connectivity index (χ0n) is 6.63. The summed E-state index contributed by atoms with van der Waals surface area (Å²) in [4.78, 5) is 12.5. The predicted octanol–water partition coefficient (Wildman–Crippen LogP) is 2.68. The zero-order valence-corrected chi connectivity index (χ0v) is 7.44. The molecule has 0 aliphatic heterocycles. The second-order valence-corrected chi connectivity index (χ2v) is 4.06. The highest BCUT2D eigenvalue weighted by molar-refractivity contribution is 7.12. The Kier molecular flexibility index (Phi) is 1.39. The Morgan fingerprint density at radius 1 is 1.36 bits per heavy atom. The van der Waals surface area contributed by atoms with E-state index >= 15 is 0 Å². The van der Waals surface area contributed by atoms with E-state index in [2.05, 4.69) is 13.0 Å². The number of thiophene rings is 1. The van der Waals surface area contributed by atoms with Crippen molar-refractivity contribution in [1.82, 2.24) is 0 Å². The third-order valence-corrected chi connectivity index (χ3v) is 3.52. The maximum atomic E-state index is 11.5. The summed E-state index contributed by atoms with van der Waals surface area (Å²) in [5.41, 5.74) is 1.26. The number of carbonyl (C=O) groups excluding carboxylic acids is 1. The summed E-state index contributed by atoms with van der Waals surface area (Å²) in [5, 5.41) is 2.00. The first-order valence-corrected chi connectivity index (χ1v) is 4.71. The van der Waals surface area contributed by atoms with Crippen LogP contribution in [0.3, 0.4) is 0 Å². The molecule has 0 amide bonds. The Bertz CT molecular complexity index is 300. The Balaban J connectivity index is 2.56. The largest absolute Gasteiger partial charge is 0.293 e. The molecule has 0 saturated heterocycles. The minimum Gasteiger partial charge on any atom is -0.293 e. The van der Waals surface area contributed by atoms with Gasteiger partial charge in [0.05, 0.1) is 4.88 Å². The average Bonchev–Trinajstić information content (AvgIpc) is 2.53. The second-order valence-electron chi connectivity index (χ2n) is 3.15. The van der Waals surface area contributed by atoms with Crippen LogP contribution < -0.4 is 0 Å². The van der Waals surface area contributed by atoms with Crippen LogP contribution in [0.2, 0.25) is 0 Å². The van der Waals surface area contributed by atoms with Crippen LogP contribution in [0.1, 0.15) is 35.0 Å². The van der Waals surface area contributed by atoms with Gasteiger partial charge in [0.15, 0.2) is 5.78 Å². The first-order valence-electron chi connectivity index (χ1n) is 3.83. The van der Waals surface area contributed by atoms with E-state index in [-0.39, 0.29) is 5.92 Å². The molecule has 0 spiro atoms. The van der Waals surface area contributed by atoms with Crippen LogP contribution in [-0.4, -0.2) is 5.78 Å². The predicted molar refractivity (Wildman–Crippen MR) is 46.2 cm³/mol. The molecule has 2 heteroatoms. The standard InChI is InChI=1S/C9H10OS/c1-5-6(2)8(10)9-7(5)3-4-11-9/h3-6H,1-2H3. The van der Waals surface area contributed by atoms with Gasteiger partial charge in [-0.3, -0.25) is 4.79 Å². The van der Waals surface area contributed by atoms with Gasteiger partial charge >= 0.3 is 0 Å². The molecule has 2 unspecified atom stereocenters. The van der Waals surface area contributed by atoms with Gasteiger partial charge in [-0.15, -0.1) is 11.3 Å². The first-order chi connectivity index (χ1) is 5.22. The maximum absolute atomic E-state index is 11.5. The van der Waals surface area contributed by atoms with Gasteiger partial charge < -0.3 is 0 Å². The van der Waals surface area contributed by atoms with E-state index in [4.69, 9.17) is 0 Å². The average molecular weight is 166 g/mol. The Morgan fingerprint density at radius 2 is 2.09 bits per heavy atom. The van der Waals surface area contributed by atoms with Gasteiger partial charge in [0.1, 0.15) is 0 Å². The van der Waals surface area contributed by atoms with Gasteiger partial charge in [0, 0.05) is 5.92 Å². The Labute approximate surface area is 70.1 Å². The molecular formula is C9H10OS. The van der Waals surface area contributed by atoms with Crippen molar-refractivity contribution >= 4 is 17.1 Å². The number of ketones is 1. The van der Waals surface area contributed by atoms with Crippen LogP contribution in [0.5, 0.6) is 0 Å². The minimum absolute atomic E-state index is 0.206. The molecule has 0 fully saturated rings. The molecule has 0 aromatic carbocycles. The van der Waals surface area contributed by atoms with Crippen LogP contribution >= 0.6 is 11.3 Å². The summed E-state index contributed by atoms with van der Waals surface area (Å²) < 4.78 is 0. The fourth-order valence-corrected chi connectivity index (χ4v) is 2.62. The van der Waals surface area contributed by atoms with E-state index in [9.17, 15) is 4.79 Å². The molecule has 11 heavy (non-hydrogen) atoms. The van der Waals surface area contributed by atoms with Gasteiger partial charge in [-0.05, 0) is 22.9 Å². The Hall–Kier alpha value is -0.630. The monoisotopic (exact) mass is 166 g/mol. The van der Waals surface area contributed by atoms with E-state index in [1.807, 2.05) is 12.3 Å². The van der Waals surface area contributed by atoms with E-state index in [1.54, 1.807) is 11.3 Å². The SMILES string of the molecule is CC1C(=O)c2sccc2C1C. The molecule has 2 atom stereocenters. The summed E-state index contributed by atoms with van der Waals surface area (Å²) in [6.45, 7) is 4.14. The molecule has 2 rings (SSSR count). The lowest BCUT2D eigenvalue weighted by atomic mass is 9.97. The van der Waals surface area contributed by atoms with Crippen molar-refractivity contribution in [2.24, 2.45) is 5.92 Å². The third-order valence-electron chi connectivity index (χ3n) is 2.57. The van der Waals surface area contributed by atoms with Crippen LogP contribution in [0.15, 0.2) is 11.4 Å². The molecule has 0 N–H and O–H groups in total. The van der Waals surface area contributed by atoms with E-state index in [0.717, 1.165) is 4.88 Å². The molecule has 0 radical (unpaired) electrons. The van der Waals surface area contributed by atoms with Crippen molar-refractivity contribution in [3.05, 3.63) is 21.9 Å². The number of hydrogen-bond donors (Lipinski definition) is 0. The van der Waals surface area contributed by atoms with Crippen LogP contribution in [-0.2, 0) is 0 Å². The van der Waals surface area contributed by atoms with Crippen LogP contribution in [0.25, 0.3) is 0 Å². The Morgan fingerprint density at radius 3 is 2.73 bits per heavy atom. The normalized spacial score (nSPS) is 29.1.